The number of benzene rings is 1. The van der Waals surface area contributed by atoms with E-state index in [1.807, 2.05) is 0 Å². The lowest BCUT2D eigenvalue weighted by molar-refractivity contribution is 0.606. The van der Waals surface area contributed by atoms with E-state index < -0.39 is 0 Å². The number of anilines is 1. The van der Waals surface area contributed by atoms with Crippen LogP contribution >= 0.6 is 15.9 Å². The van der Waals surface area contributed by atoms with E-state index >= 15 is 0 Å². The van der Waals surface area contributed by atoms with E-state index in [0.717, 1.165) is 17.3 Å². The van der Waals surface area contributed by atoms with Crippen LogP contribution in [-0.4, -0.2) is 12.6 Å². The second-order valence-electron chi connectivity index (χ2n) is 5.54. The van der Waals surface area contributed by atoms with Crippen molar-refractivity contribution in [3.05, 3.63) is 29.3 Å². The van der Waals surface area contributed by atoms with Crippen molar-refractivity contribution in [3.8, 4) is 0 Å². The van der Waals surface area contributed by atoms with Crippen LogP contribution in [0.25, 0.3) is 0 Å². The van der Waals surface area contributed by atoms with Gasteiger partial charge < -0.3 is 4.90 Å². The second kappa shape index (κ2) is 5.43. The summed E-state index contributed by atoms with van der Waals surface area (Å²) in [6.07, 6.45) is 2.73. The highest BCUT2D eigenvalue weighted by Crippen LogP contribution is 2.35. The van der Waals surface area contributed by atoms with E-state index in [9.17, 15) is 0 Å². The minimum Gasteiger partial charge on any atom is -0.368 e. The minimum atomic E-state index is 0.722. The quantitative estimate of drug-likeness (QED) is 0.722. The Balaban J connectivity index is 2.28. The van der Waals surface area contributed by atoms with Gasteiger partial charge in [0.25, 0.3) is 0 Å². The van der Waals surface area contributed by atoms with Crippen molar-refractivity contribution in [2.75, 3.05) is 11.4 Å². The molecular weight excluding hydrogens is 274 g/mol. The molecule has 0 unspecified atom stereocenters. The molecule has 1 aromatic rings. The van der Waals surface area contributed by atoms with Crippen molar-refractivity contribution in [1.82, 2.24) is 0 Å². The van der Waals surface area contributed by atoms with Crippen LogP contribution in [0.5, 0.6) is 0 Å². The predicted octanol–water partition coefficient (Wildman–Crippen LogP) is 4.51. The molecule has 0 radical (unpaired) electrons. The zero-order chi connectivity index (χ0) is 12.4. The van der Waals surface area contributed by atoms with Gasteiger partial charge in [0.2, 0.25) is 0 Å². The van der Waals surface area contributed by atoms with Gasteiger partial charge in [0, 0.05) is 23.6 Å². The Hall–Kier alpha value is -0.500. The molecule has 1 fully saturated rings. The van der Waals surface area contributed by atoms with E-state index in [2.05, 4.69) is 59.8 Å². The standard InChI is InChI=1S/C15H22BrN/c1-11(2)10-17(14-5-6-14)15-7-4-12(3)8-13(15)9-16/h4,7-8,11,14H,5-6,9-10H2,1-3H3. The van der Waals surface area contributed by atoms with E-state index in [-0.39, 0.29) is 0 Å². The van der Waals surface area contributed by atoms with Gasteiger partial charge in [0.05, 0.1) is 0 Å². The summed E-state index contributed by atoms with van der Waals surface area (Å²) in [6, 6.07) is 7.63. The fourth-order valence-corrected chi connectivity index (χ4v) is 2.77. The molecule has 0 saturated heterocycles. The maximum absolute atomic E-state index is 3.62. The van der Waals surface area contributed by atoms with Crippen LogP contribution in [0.3, 0.4) is 0 Å². The summed E-state index contributed by atoms with van der Waals surface area (Å²) in [6.45, 7) is 7.95. The molecule has 1 nitrogen and oxygen atoms in total. The predicted molar refractivity (Wildman–Crippen MR) is 79.0 cm³/mol. The Morgan fingerprint density at radius 2 is 2.06 bits per heavy atom. The lowest BCUT2D eigenvalue weighted by Crippen LogP contribution is -2.30. The van der Waals surface area contributed by atoms with Gasteiger partial charge in [-0.3, -0.25) is 0 Å². The molecule has 1 aliphatic rings. The van der Waals surface area contributed by atoms with Crippen LogP contribution in [0.1, 0.15) is 37.8 Å². The smallest absolute Gasteiger partial charge is 0.0410 e. The SMILES string of the molecule is Cc1ccc(N(CC(C)C)C2CC2)c(CBr)c1. The Morgan fingerprint density at radius 1 is 1.35 bits per heavy atom. The van der Waals surface area contributed by atoms with Crippen molar-refractivity contribution in [3.63, 3.8) is 0 Å². The Kier molecular flexibility index (Phi) is 4.13. The zero-order valence-corrected chi connectivity index (χ0v) is 12.6. The Morgan fingerprint density at radius 3 is 2.59 bits per heavy atom. The van der Waals surface area contributed by atoms with Crippen LogP contribution in [0.2, 0.25) is 0 Å². The van der Waals surface area contributed by atoms with Crippen LogP contribution in [0.15, 0.2) is 18.2 Å². The third-order valence-electron chi connectivity index (χ3n) is 3.24. The first kappa shape index (κ1) is 12.9. The Labute approximate surface area is 113 Å². The number of alkyl halides is 1. The third-order valence-corrected chi connectivity index (χ3v) is 3.84. The van der Waals surface area contributed by atoms with Gasteiger partial charge in [-0.25, -0.2) is 0 Å². The molecule has 1 aromatic carbocycles. The van der Waals surface area contributed by atoms with Gasteiger partial charge >= 0.3 is 0 Å². The third kappa shape index (κ3) is 3.25. The summed E-state index contributed by atoms with van der Waals surface area (Å²) in [7, 11) is 0. The molecule has 0 amide bonds. The van der Waals surface area contributed by atoms with Crippen LogP contribution < -0.4 is 4.90 Å². The number of aryl methyl sites for hydroxylation is 1. The van der Waals surface area contributed by atoms with Gasteiger partial charge in [0.15, 0.2) is 0 Å². The molecule has 0 heterocycles. The molecule has 0 spiro atoms. The van der Waals surface area contributed by atoms with E-state index in [4.69, 9.17) is 0 Å². The van der Waals surface area contributed by atoms with Crippen molar-refractivity contribution in [1.29, 1.82) is 0 Å². The van der Waals surface area contributed by atoms with Crippen molar-refractivity contribution in [2.45, 2.75) is 45.0 Å². The minimum absolute atomic E-state index is 0.722. The largest absolute Gasteiger partial charge is 0.368 e. The molecule has 94 valence electrons. The maximum atomic E-state index is 3.62. The number of rotatable bonds is 5. The average Bonchev–Trinajstić information content (AvgIpc) is 3.09. The molecular formula is C15H22BrN. The summed E-state index contributed by atoms with van der Waals surface area (Å²) in [4.78, 5) is 2.61. The average molecular weight is 296 g/mol. The van der Waals surface area contributed by atoms with Crippen LogP contribution in [-0.2, 0) is 5.33 Å². The molecule has 1 saturated carbocycles. The molecule has 1 aliphatic carbocycles. The molecule has 0 aromatic heterocycles. The number of hydrogen-bond acceptors (Lipinski definition) is 1. The van der Waals surface area contributed by atoms with Crippen LogP contribution in [0.4, 0.5) is 5.69 Å². The first-order valence-electron chi connectivity index (χ1n) is 6.54. The first-order chi connectivity index (χ1) is 8.11. The lowest BCUT2D eigenvalue weighted by atomic mass is 10.1. The second-order valence-corrected chi connectivity index (χ2v) is 6.10. The monoisotopic (exact) mass is 295 g/mol. The van der Waals surface area contributed by atoms with Gasteiger partial charge in [-0.1, -0.05) is 47.5 Å². The lowest BCUT2D eigenvalue weighted by Gasteiger charge is -2.29. The maximum Gasteiger partial charge on any atom is 0.0410 e. The molecule has 0 atom stereocenters. The Bertz CT molecular complexity index is 383. The van der Waals surface area contributed by atoms with Gasteiger partial charge in [-0.15, -0.1) is 0 Å². The van der Waals surface area contributed by atoms with E-state index in [0.29, 0.717) is 0 Å². The van der Waals surface area contributed by atoms with E-state index in [1.165, 1.54) is 36.2 Å². The topological polar surface area (TPSA) is 3.24 Å². The summed E-state index contributed by atoms with van der Waals surface area (Å²) in [5.41, 5.74) is 4.21. The van der Waals surface area contributed by atoms with Crippen molar-refractivity contribution < 1.29 is 0 Å². The highest BCUT2D eigenvalue weighted by Gasteiger charge is 2.30. The summed E-state index contributed by atoms with van der Waals surface area (Å²) < 4.78 is 0. The molecule has 0 aliphatic heterocycles. The zero-order valence-electron chi connectivity index (χ0n) is 11.0. The van der Waals surface area contributed by atoms with Gasteiger partial charge in [0.1, 0.15) is 0 Å². The highest BCUT2D eigenvalue weighted by atomic mass is 79.9. The van der Waals surface area contributed by atoms with Crippen LogP contribution in [0, 0.1) is 12.8 Å². The highest BCUT2D eigenvalue weighted by molar-refractivity contribution is 9.08. The molecule has 0 bridgehead atoms. The van der Waals surface area contributed by atoms with Crippen molar-refractivity contribution >= 4 is 21.6 Å². The van der Waals surface area contributed by atoms with Crippen molar-refractivity contribution in [2.24, 2.45) is 5.92 Å². The fraction of sp³-hybridized carbons (Fsp3) is 0.600. The molecule has 17 heavy (non-hydrogen) atoms. The van der Waals surface area contributed by atoms with Gasteiger partial charge in [-0.05, 0) is 37.3 Å². The number of halogens is 1. The summed E-state index contributed by atoms with van der Waals surface area (Å²) in [5.74, 6) is 0.722. The molecule has 2 heteroatoms. The van der Waals surface area contributed by atoms with E-state index in [1.54, 1.807) is 0 Å². The molecule has 2 rings (SSSR count). The summed E-state index contributed by atoms with van der Waals surface area (Å²) in [5, 5.41) is 0.950. The number of nitrogens with zero attached hydrogens (tertiary/aromatic N) is 1. The van der Waals surface area contributed by atoms with Gasteiger partial charge in [-0.2, -0.15) is 0 Å². The number of hydrogen-bond donors (Lipinski definition) is 0. The summed E-state index contributed by atoms with van der Waals surface area (Å²) >= 11 is 3.62. The first-order valence-corrected chi connectivity index (χ1v) is 7.66. The molecule has 0 N–H and O–H groups in total. The normalized spacial score (nSPS) is 15.4. The fourth-order valence-electron chi connectivity index (χ4n) is 2.33.